The number of phosphoric acid groups is 2. The van der Waals surface area contributed by atoms with Gasteiger partial charge in [-0.1, -0.05) is 280 Å². The van der Waals surface area contributed by atoms with Crippen molar-refractivity contribution in [3.63, 3.8) is 0 Å². The summed E-state index contributed by atoms with van der Waals surface area (Å²) in [5, 5.41) is 10.7. The third kappa shape index (κ3) is 78.0. The van der Waals surface area contributed by atoms with Crippen molar-refractivity contribution in [2.45, 2.75) is 303 Å². The van der Waals surface area contributed by atoms with E-state index in [0.29, 0.717) is 38.5 Å². The van der Waals surface area contributed by atoms with Crippen molar-refractivity contribution >= 4 is 39.5 Å². The zero-order valence-corrected chi connectivity index (χ0v) is 68.5. The molecule has 0 aliphatic heterocycles. The van der Waals surface area contributed by atoms with E-state index in [1.54, 1.807) is 0 Å². The van der Waals surface area contributed by atoms with Gasteiger partial charge in [-0.2, -0.15) is 0 Å². The molecular weight excluding hydrogens is 1400 g/mol. The van der Waals surface area contributed by atoms with Crippen LogP contribution in [0.25, 0.3) is 0 Å². The molecule has 0 saturated carbocycles. The van der Waals surface area contributed by atoms with Crippen molar-refractivity contribution in [1.82, 2.24) is 0 Å². The van der Waals surface area contributed by atoms with E-state index in [0.717, 1.165) is 154 Å². The second-order valence-corrected chi connectivity index (χ2v) is 29.1. The van der Waals surface area contributed by atoms with Crippen LogP contribution in [0, 0.1) is 0 Å². The summed E-state index contributed by atoms with van der Waals surface area (Å²) in [7, 11) is -10.0. The lowest BCUT2D eigenvalue weighted by atomic mass is 10.1. The average Bonchev–Trinajstić information content (AvgIpc) is 0.906. The minimum absolute atomic E-state index is 0.000563. The lowest BCUT2D eigenvalue weighted by Gasteiger charge is -2.21. The van der Waals surface area contributed by atoms with Gasteiger partial charge in [0.05, 0.1) is 26.4 Å². The largest absolute Gasteiger partial charge is 0.472 e. The Morgan fingerprint density at radius 1 is 0.269 bits per heavy atom. The molecule has 0 aliphatic rings. The van der Waals surface area contributed by atoms with Crippen LogP contribution in [-0.4, -0.2) is 96.7 Å². The topological polar surface area (TPSA) is 237 Å². The van der Waals surface area contributed by atoms with E-state index in [1.165, 1.54) is 38.5 Å². The number of hydrogen-bond donors (Lipinski definition) is 3. The Morgan fingerprint density at radius 2 is 0.491 bits per heavy atom. The third-order valence-electron chi connectivity index (χ3n) is 16.0. The summed E-state index contributed by atoms with van der Waals surface area (Å²) < 4.78 is 68.5. The predicted molar refractivity (Wildman–Crippen MR) is 445 cm³/mol. The molecule has 0 heterocycles. The number of aliphatic hydroxyl groups excluding tert-OH is 1. The maximum atomic E-state index is 13.1. The Bertz CT molecular complexity index is 2810. The van der Waals surface area contributed by atoms with Gasteiger partial charge in [0, 0.05) is 25.7 Å². The Labute approximate surface area is 653 Å². The molecule has 0 aromatic carbocycles. The number of aliphatic hydroxyl groups is 1. The number of allylic oxidation sites excluding steroid dienone is 32. The van der Waals surface area contributed by atoms with Gasteiger partial charge in [-0.25, -0.2) is 9.13 Å². The van der Waals surface area contributed by atoms with Gasteiger partial charge in [-0.05, 0) is 173 Å². The summed E-state index contributed by atoms with van der Waals surface area (Å²) in [6, 6.07) is 0. The Morgan fingerprint density at radius 3 is 0.806 bits per heavy atom. The summed E-state index contributed by atoms with van der Waals surface area (Å²) in [6.45, 7) is 4.33. The van der Waals surface area contributed by atoms with E-state index in [2.05, 4.69) is 198 Å². The van der Waals surface area contributed by atoms with Gasteiger partial charge in [0.2, 0.25) is 0 Å². The second-order valence-electron chi connectivity index (χ2n) is 26.2. The molecule has 0 rings (SSSR count). The predicted octanol–water partition coefficient (Wildman–Crippen LogP) is 24.1. The molecular formula is C89H142O17P2. The van der Waals surface area contributed by atoms with Gasteiger partial charge in [-0.15, -0.1) is 0 Å². The maximum absolute atomic E-state index is 13.1. The molecule has 610 valence electrons. The first-order valence-corrected chi connectivity index (χ1v) is 43.7. The minimum Gasteiger partial charge on any atom is -0.462 e. The number of esters is 4. The fourth-order valence-electron chi connectivity index (χ4n) is 9.96. The highest BCUT2D eigenvalue weighted by molar-refractivity contribution is 7.47. The number of ether oxygens (including phenoxy) is 4. The fourth-order valence-corrected chi connectivity index (χ4v) is 11.5. The van der Waals surface area contributed by atoms with E-state index >= 15 is 0 Å². The lowest BCUT2D eigenvalue weighted by molar-refractivity contribution is -0.161. The van der Waals surface area contributed by atoms with Gasteiger partial charge in [-0.3, -0.25) is 37.3 Å². The smallest absolute Gasteiger partial charge is 0.462 e. The van der Waals surface area contributed by atoms with Crippen LogP contribution >= 0.6 is 15.6 Å². The molecule has 0 radical (unpaired) electrons. The van der Waals surface area contributed by atoms with Gasteiger partial charge in [0.25, 0.3) is 0 Å². The highest BCUT2D eigenvalue weighted by Crippen LogP contribution is 2.45. The number of rotatable bonds is 74. The van der Waals surface area contributed by atoms with E-state index in [1.807, 2.05) is 24.3 Å². The van der Waals surface area contributed by atoms with Crippen LogP contribution in [0.2, 0.25) is 0 Å². The number of carbonyl (C=O) groups excluding carboxylic acids is 4. The summed E-state index contributed by atoms with van der Waals surface area (Å²) in [6.07, 6.45) is 97.1. The molecule has 0 fully saturated rings. The van der Waals surface area contributed by atoms with Gasteiger partial charge < -0.3 is 33.8 Å². The highest BCUT2D eigenvalue weighted by atomic mass is 31.2. The maximum Gasteiger partial charge on any atom is 0.472 e. The molecule has 17 nitrogen and oxygen atoms in total. The Kier molecular flexibility index (Phi) is 74.5. The normalized spacial score (nSPS) is 14.8. The molecule has 3 N–H and O–H groups in total. The molecule has 0 spiro atoms. The first-order chi connectivity index (χ1) is 52.7. The molecule has 0 aliphatic carbocycles. The molecule has 0 saturated heterocycles. The van der Waals surface area contributed by atoms with Crippen molar-refractivity contribution in [2.75, 3.05) is 39.6 Å². The SMILES string of the molecule is CC/C=C\C/C=C\C/C=C\C/C=C\C/C=C\CCCCCC(=O)OCC(COP(=O)(O)OCC(O)COP(=O)(O)OCC(COC(=O)CCC/C=C\C/C=C\C/C=C\C/C=C\C/C=C\CC)OC(=O)CCCCCCC/C=C\CCCCCCCC)OC(=O)CCC/C=C\C/C=C\C/C=C\C/C=C\C/C=C\CC. The Hall–Kier alpha value is -6.10. The molecule has 0 amide bonds. The van der Waals surface area contributed by atoms with Crippen LogP contribution in [0.1, 0.15) is 285 Å². The summed E-state index contributed by atoms with van der Waals surface area (Å²) in [4.78, 5) is 73.1. The third-order valence-corrected chi connectivity index (χ3v) is 17.9. The van der Waals surface area contributed by atoms with Crippen LogP contribution in [0.4, 0.5) is 0 Å². The van der Waals surface area contributed by atoms with Crippen LogP contribution in [-0.2, 0) is 65.4 Å². The van der Waals surface area contributed by atoms with Gasteiger partial charge in [0.1, 0.15) is 19.3 Å². The molecule has 19 heteroatoms. The molecule has 5 atom stereocenters. The monoisotopic (exact) mass is 1540 g/mol. The zero-order chi connectivity index (χ0) is 78.9. The van der Waals surface area contributed by atoms with Crippen LogP contribution < -0.4 is 0 Å². The minimum atomic E-state index is -5.02. The quantitative estimate of drug-likeness (QED) is 0.0169. The van der Waals surface area contributed by atoms with Crippen molar-refractivity contribution in [1.29, 1.82) is 0 Å². The van der Waals surface area contributed by atoms with Crippen LogP contribution in [0.15, 0.2) is 194 Å². The molecule has 0 aromatic rings. The number of hydrogen-bond acceptors (Lipinski definition) is 15. The van der Waals surface area contributed by atoms with E-state index in [-0.39, 0.29) is 25.7 Å². The van der Waals surface area contributed by atoms with Gasteiger partial charge in [0.15, 0.2) is 12.2 Å². The lowest BCUT2D eigenvalue weighted by Crippen LogP contribution is -2.30. The summed E-state index contributed by atoms with van der Waals surface area (Å²) >= 11 is 0. The number of phosphoric ester groups is 2. The highest BCUT2D eigenvalue weighted by Gasteiger charge is 2.30. The van der Waals surface area contributed by atoms with E-state index in [9.17, 15) is 43.2 Å². The van der Waals surface area contributed by atoms with Crippen molar-refractivity contribution in [3.8, 4) is 0 Å². The average molecular weight is 1550 g/mol. The van der Waals surface area contributed by atoms with Crippen LogP contribution in [0.3, 0.4) is 0 Å². The Balaban J connectivity index is 5.53. The molecule has 108 heavy (non-hydrogen) atoms. The summed E-state index contributed by atoms with van der Waals surface area (Å²) in [5.74, 6) is -2.38. The zero-order valence-electron chi connectivity index (χ0n) is 66.7. The number of unbranched alkanes of at least 4 members (excludes halogenated alkanes) is 16. The van der Waals surface area contributed by atoms with Crippen LogP contribution in [0.5, 0.6) is 0 Å². The fraction of sp³-hybridized carbons (Fsp3) is 0.596. The molecule has 0 bridgehead atoms. The van der Waals surface area contributed by atoms with E-state index < -0.39 is 97.5 Å². The second kappa shape index (κ2) is 79.0. The van der Waals surface area contributed by atoms with Gasteiger partial charge >= 0.3 is 39.5 Å². The van der Waals surface area contributed by atoms with Crippen molar-refractivity contribution in [2.24, 2.45) is 0 Å². The van der Waals surface area contributed by atoms with Crippen molar-refractivity contribution < 1.29 is 80.2 Å². The van der Waals surface area contributed by atoms with E-state index in [4.69, 9.17) is 37.0 Å². The standard InChI is InChI=1S/C89H142O17P2/c1-5-9-13-17-21-25-29-33-37-40-41-44-47-50-54-58-62-66-70-74-87(92)100-80-85(106-89(94)76-72-68-64-60-56-52-48-43-39-35-31-27-23-19-15-11-7-3)82-104-108(97,98)102-78-83(90)77-101-107(95,96)103-81-84(105-88(93)75-71-67-63-59-55-51-45-36-32-28-24-20-16-12-8-4)79-99-86(91)73-69-65-61-57-53-49-46-42-38-34-30-26-22-18-14-10-6-2/h9-11,13-15,21-23,25-27,33-39,41,44-46,48-50,52,54,57,60-61,64,83-85,90H,5-8,12,16-20,24,28-32,40,42-43,47,51,53,55-56,58-59,62-63,65-82H2,1-4H3,(H,95,96)(H,97,98)/b13-9-,14-10-,15-11-,25-21-,26-22-,27-23-,37-33-,38-34-,39-35-,44-41-,45-36-,49-46-,52-48-,54-50-,61-57-,64-60-. The molecule has 5 unspecified atom stereocenters. The summed E-state index contributed by atoms with van der Waals surface area (Å²) in [5.41, 5.74) is 0. The first-order valence-electron chi connectivity index (χ1n) is 40.7. The first kappa shape index (κ1) is 102. The number of carbonyl (C=O) groups is 4. The molecule has 0 aromatic heterocycles. The van der Waals surface area contributed by atoms with Crippen molar-refractivity contribution in [3.05, 3.63) is 194 Å².